The second-order valence-corrected chi connectivity index (χ2v) is 29.8. The summed E-state index contributed by atoms with van der Waals surface area (Å²) in [6.07, 6.45) is 0. The van der Waals surface area contributed by atoms with Crippen LogP contribution in [0.4, 0.5) is 0 Å². The molecular formula is C49H60Cl2Hf-2. The van der Waals surface area contributed by atoms with Gasteiger partial charge in [-0.05, 0) is 24.7 Å². The van der Waals surface area contributed by atoms with Gasteiger partial charge in [0.2, 0.25) is 0 Å². The van der Waals surface area contributed by atoms with Gasteiger partial charge in [-0.3, -0.25) is 0 Å². The van der Waals surface area contributed by atoms with E-state index in [0.717, 1.165) is 0 Å². The van der Waals surface area contributed by atoms with Crippen molar-refractivity contribution >= 4 is 42.0 Å². The van der Waals surface area contributed by atoms with E-state index in [4.69, 9.17) is 17.2 Å². The van der Waals surface area contributed by atoms with Gasteiger partial charge in [0.1, 0.15) is 0 Å². The van der Waals surface area contributed by atoms with Crippen LogP contribution in [0.1, 0.15) is 128 Å². The van der Waals surface area contributed by atoms with Crippen molar-refractivity contribution in [2.45, 2.75) is 119 Å². The average Bonchev–Trinajstić information content (AvgIpc) is 3.71. The first kappa shape index (κ1) is 42.2. The minimum atomic E-state index is -2.76. The number of benzene rings is 4. The second kappa shape index (κ2) is 16.4. The molecule has 0 saturated carbocycles. The van der Waals surface area contributed by atoms with Crippen LogP contribution in [-0.2, 0) is 40.2 Å². The van der Waals surface area contributed by atoms with E-state index in [2.05, 4.69) is 176 Å². The fourth-order valence-corrected chi connectivity index (χ4v) is 13.3. The third-order valence-electron chi connectivity index (χ3n) is 9.83. The van der Waals surface area contributed by atoms with E-state index in [0.29, 0.717) is 0 Å². The third-order valence-corrected chi connectivity index (χ3v) is 16.4. The molecule has 6 aromatic carbocycles. The van der Waals surface area contributed by atoms with Gasteiger partial charge in [-0.2, -0.15) is 18.2 Å². The van der Waals surface area contributed by atoms with Gasteiger partial charge in [0, 0.05) is 0 Å². The van der Waals surface area contributed by atoms with Gasteiger partial charge in [0.05, 0.1) is 0 Å². The Balaban J connectivity index is 0.000000205. The van der Waals surface area contributed by atoms with Crippen LogP contribution in [-0.4, -0.2) is 3.26 Å². The molecule has 52 heavy (non-hydrogen) atoms. The first-order valence-electron chi connectivity index (χ1n) is 18.6. The van der Waals surface area contributed by atoms with Gasteiger partial charge < -0.3 is 0 Å². The maximum atomic E-state index is 6.51. The maximum Gasteiger partial charge on any atom is -0.0142 e. The van der Waals surface area contributed by atoms with Crippen LogP contribution in [0.3, 0.4) is 0 Å². The molecule has 0 unspecified atom stereocenters. The van der Waals surface area contributed by atoms with Crippen LogP contribution in [0, 0.1) is 13.8 Å². The molecule has 6 aromatic rings. The van der Waals surface area contributed by atoms with Crippen molar-refractivity contribution in [3.63, 3.8) is 0 Å². The molecule has 3 heteroatoms. The monoisotopic (exact) mass is 898 g/mol. The predicted octanol–water partition coefficient (Wildman–Crippen LogP) is 15.1. The average molecular weight is 898 g/mol. The van der Waals surface area contributed by atoms with Gasteiger partial charge in [-0.25, -0.2) is 12.1 Å². The molecular weight excluding hydrogens is 838 g/mol. The van der Waals surface area contributed by atoms with Crippen molar-refractivity contribution in [1.29, 1.82) is 0 Å². The zero-order chi connectivity index (χ0) is 38.8. The van der Waals surface area contributed by atoms with Crippen LogP contribution >= 0.6 is 17.2 Å². The van der Waals surface area contributed by atoms with Crippen molar-refractivity contribution in [1.82, 2.24) is 0 Å². The van der Waals surface area contributed by atoms with Crippen molar-refractivity contribution in [2.75, 3.05) is 0 Å². The van der Waals surface area contributed by atoms with Gasteiger partial charge in [0.15, 0.2) is 0 Å². The number of fused-ring (bicyclic) bond motifs is 3. The molecule has 0 amide bonds. The van der Waals surface area contributed by atoms with Crippen LogP contribution in [0.15, 0.2) is 109 Å². The quantitative estimate of drug-likeness (QED) is 0.120. The van der Waals surface area contributed by atoms with Gasteiger partial charge >= 0.3 is 162 Å². The van der Waals surface area contributed by atoms with Gasteiger partial charge in [-0.1, -0.05) is 75.9 Å². The molecule has 0 radical (unpaired) electrons. The van der Waals surface area contributed by atoms with Crippen LogP contribution in [0.25, 0.3) is 21.5 Å². The van der Waals surface area contributed by atoms with E-state index in [1.165, 1.54) is 69.3 Å². The van der Waals surface area contributed by atoms with Crippen molar-refractivity contribution < 1.29 is 18.6 Å². The van der Waals surface area contributed by atoms with Crippen LogP contribution in [0.2, 0.25) is 0 Å². The number of hydrogen-bond acceptors (Lipinski definition) is 0. The van der Waals surface area contributed by atoms with Gasteiger partial charge in [-0.15, -0.1) is 39.7 Å². The standard InChI is InChI=1S/C23H29.C21H26.C5H5.2ClH.Hf/c1-14-9-16-11-17-10-15(2)21(23(6,7)8)13-19(17)18(16)12-20(14)22(3,4)5;1-20(2,3)18-11-7-16(8-12-18)15-17-9-13-19(14-10-17)21(4,5)6;1-2-4-5-3-1;;;/h9-13H,1-8H3;7-14H,1-6H3;1-5H;2*1H;/q-1;;-1;;;+2/p-2. The summed E-state index contributed by atoms with van der Waals surface area (Å²) >= 11 is -2.76. The van der Waals surface area contributed by atoms with Crippen molar-refractivity contribution in [3.05, 3.63) is 154 Å². The Morgan fingerprint density at radius 1 is 0.500 bits per heavy atom. The van der Waals surface area contributed by atoms with E-state index in [1.54, 1.807) is 0 Å². The molecule has 0 saturated heterocycles. The minimum Gasteiger partial charge on any atom is -0.214 e. The summed E-state index contributed by atoms with van der Waals surface area (Å²) in [6.45, 7) is 31.6. The Bertz CT molecular complexity index is 1960. The fourth-order valence-electron chi connectivity index (χ4n) is 6.93. The van der Waals surface area contributed by atoms with E-state index >= 15 is 0 Å². The minimum absolute atomic E-state index is 0.151. The molecule has 0 heterocycles. The van der Waals surface area contributed by atoms with Gasteiger partial charge in [0.25, 0.3) is 0 Å². The van der Waals surface area contributed by atoms with E-state index in [-0.39, 0.29) is 21.7 Å². The number of hydrogen-bond donors (Lipinski definition) is 0. The summed E-state index contributed by atoms with van der Waals surface area (Å²) in [5.74, 6) is 0. The zero-order valence-corrected chi connectivity index (χ0v) is 39.3. The SMILES string of the molecule is CC(C)(C)c1ccc([C](c2ccc(C(C)(C)C)cc2)=[Hf]([Cl])[Cl])cc1.Cc1cc2[cH-]c3cc(C)c(C(C)(C)C)cc3c2cc1C(C)(C)C.c1cc[cH-]c1. The fraction of sp³-hybridized carbons (Fsp3) is 0.367. The first-order valence-corrected chi connectivity index (χ1v) is 29.3. The number of halogens is 2. The number of rotatable bonds is 2. The Labute approximate surface area is 330 Å². The molecule has 0 fully saturated rings. The molecule has 0 N–H and O–H groups in total. The Kier molecular flexibility index (Phi) is 13.3. The van der Waals surface area contributed by atoms with Crippen molar-refractivity contribution in [3.8, 4) is 0 Å². The summed E-state index contributed by atoms with van der Waals surface area (Å²) in [5.41, 5.74) is 11.3. The Morgan fingerprint density at radius 3 is 1.10 bits per heavy atom. The van der Waals surface area contributed by atoms with E-state index in [1.807, 2.05) is 30.3 Å². The van der Waals surface area contributed by atoms with E-state index in [9.17, 15) is 0 Å². The molecule has 6 rings (SSSR count). The van der Waals surface area contributed by atoms with Crippen molar-refractivity contribution in [2.24, 2.45) is 0 Å². The summed E-state index contributed by atoms with van der Waals surface area (Å²) < 4.78 is 1.17. The molecule has 276 valence electrons. The zero-order valence-electron chi connectivity index (χ0n) is 34.1. The summed E-state index contributed by atoms with van der Waals surface area (Å²) in [5, 5.41) is 5.55. The Hall–Kier alpha value is -2.58. The second-order valence-electron chi connectivity index (χ2n) is 18.4. The summed E-state index contributed by atoms with van der Waals surface area (Å²) in [6, 6.07) is 39.4. The Morgan fingerprint density at radius 2 is 0.846 bits per heavy atom. The molecule has 0 aliphatic carbocycles. The molecule has 0 nitrogen and oxygen atoms in total. The third kappa shape index (κ3) is 10.5. The van der Waals surface area contributed by atoms with Crippen LogP contribution < -0.4 is 0 Å². The normalized spacial score (nSPS) is 12.2. The topological polar surface area (TPSA) is 0 Å². The molecule has 0 bridgehead atoms. The molecule has 0 spiro atoms. The summed E-state index contributed by atoms with van der Waals surface area (Å²) in [7, 11) is 13.0. The first-order chi connectivity index (χ1) is 24.0. The number of aryl methyl sites for hydroxylation is 2. The van der Waals surface area contributed by atoms with E-state index < -0.39 is 18.6 Å². The maximum absolute atomic E-state index is 6.51. The molecule has 0 aromatic heterocycles. The predicted molar refractivity (Wildman–Crippen MR) is 231 cm³/mol. The van der Waals surface area contributed by atoms with Crippen LogP contribution in [0.5, 0.6) is 0 Å². The molecule has 0 aliphatic rings. The molecule has 0 aliphatic heterocycles. The smallest absolute Gasteiger partial charge is 0.0142 e. The summed E-state index contributed by atoms with van der Waals surface area (Å²) in [4.78, 5) is 0. The molecule has 0 atom stereocenters. The largest absolute Gasteiger partial charge is 0.214 e.